The third-order valence-electron chi connectivity index (χ3n) is 2.97. The molecule has 3 heteroatoms. The lowest BCUT2D eigenvalue weighted by Crippen LogP contribution is -2.31. The largest absolute Gasteiger partial charge is 0.315 e. The summed E-state index contributed by atoms with van der Waals surface area (Å²) >= 11 is 5.96. The van der Waals surface area contributed by atoms with Crippen LogP contribution in [0, 0.1) is 12.8 Å². The van der Waals surface area contributed by atoms with E-state index in [9.17, 15) is 0 Å². The van der Waals surface area contributed by atoms with Crippen LogP contribution in [0.1, 0.15) is 25.0 Å². The van der Waals surface area contributed by atoms with Crippen molar-refractivity contribution in [1.82, 2.24) is 10.2 Å². The quantitative estimate of drug-likeness (QED) is 0.763. The van der Waals surface area contributed by atoms with Gasteiger partial charge in [0.25, 0.3) is 0 Å². The SMILES string of the molecule is Cc1cc(Cl)ccc1CN(C)CCNCC(C)C. The highest BCUT2D eigenvalue weighted by Gasteiger charge is 2.03. The van der Waals surface area contributed by atoms with Gasteiger partial charge in [0, 0.05) is 24.7 Å². The second-order valence-electron chi connectivity index (χ2n) is 5.41. The molecule has 0 saturated heterocycles. The molecule has 102 valence electrons. The lowest BCUT2D eigenvalue weighted by molar-refractivity contribution is 0.321. The zero-order chi connectivity index (χ0) is 13.5. The van der Waals surface area contributed by atoms with Crippen LogP contribution in [0.25, 0.3) is 0 Å². The van der Waals surface area contributed by atoms with E-state index in [-0.39, 0.29) is 0 Å². The fourth-order valence-electron chi connectivity index (χ4n) is 1.87. The van der Waals surface area contributed by atoms with Crippen LogP contribution in [-0.2, 0) is 6.54 Å². The molecule has 1 rings (SSSR count). The van der Waals surface area contributed by atoms with Gasteiger partial charge in [0.15, 0.2) is 0 Å². The van der Waals surface area contributed by atoms with Crippen molar-refractivity contribution in [2.45, 2.75) is 27.3 Å². The third-order valence-corrected chi connectivity index (χ3v) is 3.20. The third kappa shape index (κ3) is 5.85. The molecule has 0 unspecified atom stereocenters. The Morgan fingerprint density at radius 1 is 1.33 bits per heavy atom. The summed E-state index contributed by atoms with van der Waals surface area (Å²) in [6, 6.07) is 6.12. The van der Waals surface area contributed by atoms with E-state index in [2.05, 4.69) is 44.1 Å². The van der Waals surface area contributed by atoms with Gasteiger partial charge in [-0.3, -0.25) is 0 Å². The van der Waals surface area contributed by atoms with Crippen LogP contribution in [0.2, 0.25) is 5.02 Å². The van der Waals surface area contributed by atoms with E-state index in [0.717, 1.165) is 31.2 Å². The molecule has 0 atom stereocenters. The van der Waals surface area contributed by atoms with E-state index in [1.165, 1.54) is 11.1 Å². The minimum Gasteiger partial charge on any atom is -0.315 e. The molecule has 1 aromatic rings. The summed E-state index contributed by atoms with van der Waals surface area (Å²) in [6.45, 7) is 10.8. The monoisotopic (exact) mass is 268 g/mol. The number of hydrogen-bond acceptors (Lipinski definition) is 2. The van der Waals surface area contributed by atoms with Crippen molar-refractivity contribution in [2.75, 3.05) is 26.7 Å². The van der Waals surface area contributed by atoms with E-state index in [0.29, 0.717) is 5.92 Å². The molecular formula is C15H25ClN2. The van der Waals surface area contributed by atoms with Crippen molar-refractivity contribution in [2.24, 2.45) is 5.92 Å². The molecule has 0 spiro atoms. The van der Waals surface area contributed by atoms with Gasteiger partial charge in [0.2, 0.25) is 0 Å². The first-order valence-corrected chi connectivity index (χ1v) is 7.01. The van der Waals surface area contributed by atoms with E-state index >= 15 is 0 Å². The average molecular weight is 269 g/mol. The number of halogens is 1. The van der Waals surface area contributed by atoms with Crippen LogP contribution < -0.4 is 5.32 Å². The van der Waals surface area contributed by atoms with Crippen molar-refractivity contribution in [3.8, 4) is 0 Å². The molecule has 0 saturated carbocycles. The topological polar surface area (TPSA) is 15.3 Å². The highest BCUT2D eigenvalue weighted by molar-refractivity contribution is 6.30. The molecule has 1 aromatic carbocycles. The van der Waals surface area contributed by atoms with Gasteiger partial charge in [-0.15, -0.1) is 0 Å². The predicted molar refractivity (Wildman–Crippen MR) is 80.2 cm³/mol. The zero-order valence-electron chi connectivity index (χ0n) is 12.0. The Morgan fingerprint density at radius 3 is 2.67 bits per heavy atom. The van der Waals surface area contributed by atoms with Gasteiger partial charge in [0.1, 0.15) is 0 Å². The minimum atomic E-state index is 0.716. The second-order valence-corrected chi connectivity index (χ2v) is 5.84. The van der Waals surface area contributed by atoms with E-state index in [1.54, 1.807) is 0 Å². The molecule has 18 heavy (non-hydrogen) atoms. The average Bonchev–Trinajstić information content (AvgIpc) is 2.28. The molecular weight excluding hydrogens is 244 g/mol. The molecule has 0 amide bonds. The fourth-order valence-corrected chi connectivity index (χ4v) is 2.09. The maximum atomic E-state index is 5.96. The summed E-state index contributed by atoms with van der Waals surface area (Å²) in [5.74, 6) is 0.716. The maximum Gasteiger partial charge on any atom is 0.0408 e. The van der Waals surface area contributed by atoms with Crippen LogP contribution in [0.3, 0.4) is 0 Å². The number of nitrogens with one attached hydrogen (secondary N) is 1. The number of rotatable bonds is 7. The standard InChI is InChI=1S/C15H25ClN2/c1-12(2)10-17-7-8-18(4)11-14-5-6-15(16)9-13(14)3/h5-6,9,12,17H,7-8,10-11H2,1-4H3. The van der Waals surface area contributed by atoms with Gasteiger partial charge in [-0.25, -0.2) is 0 Å². The molecule has 0 aliphatic carbocycles. The van der Waals surface area contributed by atoms with Gasteiger partial charge in [-0.1, -0.05) is 31.5 Å². The predicted octanol–water partition coefficient (Wildman–Crippen LogP) is 3.33. The summed E-state index contributed by atoms with van der Waals surface area (Å²) in [6.07, 6.45) is 0. The van der Waals surface area contributed by atoms with Crippen LogP contribution in [0.4, 0.5) is 0 Å². The van der Waals surface area contributed by atoms with Gasteiger partial charge in [-0.2, -0.15) is 0 Å². The molecule has 0 aliphatic rings. The maximum absolute atomic E-state index is 5.96. The van der Waals surface area contributed by atoms with Gasteiger partial charge >= 0.3 is 0 Å². The van der Waals surface area contributed by atoms with Crippen LogP contribution in [0.5, 0.6) is 0 Å². The first kappa shape index (κ1) is 15.5. The highest BCUT2D eigenvalue weighted by atomic mass is 35.5. The lowest BCUT2D eigenvalue weighted by atomic mass is 10.1. The molecule has 0 bridgehead atoms. The number of benzene rings is 1. The first-order valence-electron chi connectivity index (χ1n) is 6.63. The normalized spacial score (nSPS) is 11.5. The Labute approximate surface area is 116 Å². The summed E-state index contributed by atoms with van der Waals surface area (Å²) in [4.78, 5) is 2.34. The Morgan fingerprint density at radius 2 is 2.06 bits per heavy atom. The number of aryl methyl sites for hydroxylation is 1. The molecule has 0 aromatic heterocycles. The fraction of sp³-hybridized carbons (Fsp3) is 0.600. The van der Waals surface area contributed by atoms with Crippen molar-refractivity contribution in [3.05, 3.63) is 34.3 Å². The Kier molecular flexibility index (Phi) is 6.69. The molecule has 2 nitrogen and oxygen atoms in total. The summed E-state index contributed by atoms with van der Waals surface area (Å²) in [7, 11) is 2.16. The number of likely N-dealkylation sites (N-methyl/N-ethyl adjacent to an activating group) is 1. The minimum absolute atomic E-state index is 0.716. The Balaban J connectivity index is 2.33. The molecule has 1 N–H and O–H groups in total. The lowest BCUT2D eigenvalue weighted by Gasteiger charge is -2.19. The Bertz CT molecular complexity index is 364. The van der Waals surface area contributed by atoms with Crippen LogP contribution in [-0.4, -0.2) is 31.6 Å². The zero-order valence-corrected chi connectivity index (χ0v) is 12.7. The van der Waals surface area contributed by atoms with Gasteiger partial charge < -0.3 is 10.2 Å². The smallest absolute Gasteiger partial charge is 0.0408 e. The van der Waals surface area contributed by atoms with Crippen LogP contribution >= 0.6 is 11.6 Å². The van der Waals surface area contributed by atoms with E-state index in [1.807, 2.05) is 12.1 Å². The van der Waals surface area contributed by atoms with E-state index in [4.69, 9.17) is 11.6 Å². The van der Waals surface area contributed by atoms with E-state index < -0.39 is 0 Å². The summed E-state index contributed by atoms with van der Waals surface area (Å²) in [5, 5.41) is 4.28. The molecule has 0 radical (unpaired) electrons. The second kappa shape index (κ2) is 7.78. The summed E-state index contributed by atoms with van der Waals surface area (Å²) < 4.78 is 0. The summed E-state index contributed by atoms with van der Waals surface area (Å²) in [5.41, 5.74) is 2.62. The number of hydrogen-bond donors (Lipinski definition) is 1. The van der Waals surface area contributed by atoms with Gasteiger partial charge in [-0.05, 0) is 49.7 Å². The van der Waals surface area contributed by atoms with Crippen molar-refractivity contribution < 1.29 is 0 Å². The number of nitrogens with zero attached hydrogens (tertiary/aromatic N) is 1. The van der Waals surface area contributed by atoms with Crippen molar-refractivity contribution >= 4 is 11.6 Å². The van der Waals surface area contributed by atoms with Gasteiger partial charge in [0.05, 0.1) is 0 Å². The Hall–Kier alpha value is -0.570. The van der Waals surface area contributed by atoms with Crippen LogP contribution in [0.15, 0.2) is 18.2 Å². The molecule has 0 aliphatic heterocycles. The van der Waals surface area contributed by atoms with Crippen molar-refractivity contribution in [3.63, 3.8) is 0 Å². The molecule has 0 fully saturated rings. The first-order chi connectivity index (χ1) is 8.49. The molecule has 0 heterocycles. The highest BCUT2D eigenvalue weighted by Crippen LogP contribution is 2.16. The van der Waals surface area contributed by atoms with Crippen molar-refractivity contribution in [1.29, 1.82) is 0 Å².